The first kappa shape index (κ1) is 15.5. The van der Waals surface area contributed by atoms with Crippen molar-refractivity contribution in [1.29, 1.82) is 0 Å². The van der Waals surface area contributed by atoms with Gasteiger partial charge in [0.05, 0.1) is 0 Å². The molecule has 2 unspecified atom stereocenters. The van der Waals surface area contributed by atoms with E-state index in [0.29, 0.717) is 11.7 Å². The first-order chi connectivity index (χ1) is 7.76. The van der Waals surface area contributed by atoms with E-state index in [2.05, 4.69) is 68.4 Å². The largest absolute Gasteiger partial charge is 0.294 e. The molecule has 104 valence electrons. The Labute approximate surface area is 113 Å². The van der Waals surface area contributed by atoms with Crippen molar-refractivity contribution in [2.45, 2.75) is 62.3 Å². The lowest BCUT2D eigenvalue weighted by atomic mass is 9.65. The molecule has 1 rings (SSSR count). The number of ketones is 1. The summed E-state index contributed by atoms with van der Waals surface area (Å²) in [6, 6.07) is 0. The van der Waals surface area contributed by atoms with Crippen LogP contribution >= 0.6 is 0 Å². The molecule has 0 radical (unpaired) electrons. The minimum atomic E-state index is -0.0411. The third-order valence-electron chi connectivity index (χ3n) is 3.99. The standard InChI is InChI=1S/C17H30O/c1-15(2,3)11-10-12(16(4,5)6)14(18)13(11)17(7,8)9/h10-11,13H,1-9H3. The van der Waals surface area contributed by atoms with E-state index in [1.807, 2.05) is 0 Å². The van der Waals surface area contributed by atoms with Crippen molar-refractivity contribution in [3.63, 3.8) is 0 Å². The first-order valence-corrected chi connectivity index (χ1v) is 7.03. The van der Waals surface area contributed by atoms with Crippen LogP contribution in [-0.4, -0.2) is 5.78 Å². The minimum Gasteiger partial charge on any atom is -0.294 e. The van der Waals surface area contributed by atoms with Gasteiger partial charge in [0.15, 0.2) is 5.78 Å². The van der Waals surface area contributed by atoms with Gasteiger partial charge in [-0.15, -0.1) is 0 Å². The molecular weight excluding hydrogens is 220 g/mol. The third-order valence-corrected chi connectivity index (χ3v) is 3.99. The molecule has 1 aliphatic carbocycles. The minimum absolute atomic E-state index is 0.0263. The maximum atomic E-state index is 12.8. The van der Waals surface area contributed by atoms with Gasteiger partial charge < -0.3 is 0 Å². The summed E-state index contributed by atoms with van der Waals surface area (Å²) in [7, 11) is 0. The van der Waals surface area contributed by atoms with E-state index in [0.717, 1.165) is 5.57 Å². The second-order valence-corrected chi connectivity index (χ2v) is 8.93. The molecule has 0 aliphatic heterocycles. The second kappa shape index (κ2) is 4.21. The molecule has 0 saturated carbocycles. The normalized spacial score (nSPS) is 26.5. The fourth-order valence-electron chi connectivity index (χ4n) is 2.99. The summed E-state index contributed by atoms with van der Waals surface area (Å²) in [5.74, 6) is 0.834. The number of hydrogen-bond donors (Lipinski definition) is 0. The van der Waals surface area contributed by atoms with Crippen LogP contribution < -0.4 is 0 Å². The van der Waals surface area contributed by atoms with Gasteiger partial charge in [-0.2, -0.15) is 0 Å². The molecule has 0 saturated heterocycles. The van der Waals surface area contributed by atoms with E-state index in [9.17, 15) is 4.79 Å². The Balaban J connectivity index is 3.29. The quantitative estimate of drug-likeness (QED) is 0.599. The van der Waals surface area contributed by atoms with E-state index in [4.69, 9.17) is 0 Å². The Morgan fingerprint density at radius 2 is 1.28 bits per heavy atom. The van der Waals surface area contributed by atoms with Crippen molar-refractivity contribution in [2.24, 2.45) is 28.1 Å². The molecule has 1 nitrogen and oxygen atoms in total. The fourth-order valence-corrected chi connectivity index (χ4v) is 2.99. The number of allylic oxidation sites excluding steroid dienone is 2. The zero-order chi connectivity index (χ0) is 14.5. The van der Waals surface area contributed by atoms with E-state index >= 15 is 0 Å². The maximum Gasteiger partial charge on any atom is 0.163 e. The van der Waals surface area contributed by atoms with Gasteiger partial charge >= 0.3 is 0 Å². The van der Waals surface area contributed by atoms with E-state index in [1.54, 1.807) is 0 Å². The van der Waals surface area contributed by atoms with Gasteiger partial charge in [0.2, 0.25) is 0 Å². The number of carbonyl (C=O) groups excluding carboxylic acids is 1. The lowest BCUT2D eigenvalue weighted by Gasteiger charge is -2.38. The van der Waals surface area contributed by atoms with Crippen LogP contribution in [0, 0.1) is 28.1 Å². The van der Waals surface area contributed by atoms with E-state index in [1.165, 1.54) is 0 Å². The average Bonchev–Trinajstić information content (AvgIpc) is 2.39. The van der Waals surface area contributed by atoms with Gasteiger partial charge in [-0.3, -0.25) is 4.79 Å². The van der Waals surface area contributed by atoms with Gasteiger partial charge in [0.25, 0.3) is 0 Å². The zero-order valence-corrected chi connectivity index (χ0v) is 13.6. The smallest absolute Gasteiger partial charge is 0.163 e. The molecule has 18 heavy (non-hydrogen) atoms. The molecular formula is C17H30O. The van der Waals surface area contributed by atoms with E-state index in [-0.39, 0.29) is 22.2 Å². The number of carbonyl (C=O) groups is 1. The number of hydrogen-bond acceptors (Lipinski definition) is 1. The topological polar surface area (TPSA) is 17.1 Å². The van der Waals surface area contributed by atoms with Crippen molar-refractivity contribution in [2.75, 3.05) is 0 Å². The SMILES string of the molecule is CC(C)(C)C1=CC(C(C)(C)C)C(C(C)(C)C)C1=O. The van der Waals surface area contributed by atoms with Crippen LogP contribution in [0.3, 0.4) is 0 Å². The average molecular weight is 250 g/mol. The summed E-state index contributed by atoms with van der Waals surface area (Å²) >= 11 is 0. The Morgan fingerprint density at radius 1 is 0.833 bits per heavy atom. The van der Waals surface area contributed by atoms with Crippen LogP contribution in [-0.2, 0) is 4.79 Å². The van der Waals surface area contributed by atoms with Crippen LogP contribution in [0.2, 0.25) is 0 Å². The summed E-state index contributed by atoms with van der Waals surface area (Å²) in [6.07, 6.45) is 2.26. The lowest BCUT2D eigenvalue weighted by Crippen LogP contribution is -2.37. The highest BCUT2D eigenvalue weighted by Crippen LogP contribution is 2.50. The van der Waals surface area contributed by atoms with Crippen molar-refractivity contribution in [1.82, 2.24) is 0 Å². The van der Waals surface area contributed by atoms with Gasteiger partial charge in [-0.05, 0) is 27.7 Å². The Morgan fingerprint density at radius 3 is 1.50 bits per heavy atom. The Bertz CT molecular complexity index is 366. The summed E-state index contributed by atoms with van der Waals surface area (Å²) in [5, 5.41) is 0. The molecule has 2 atom stereocenters. The van der Waals surface area contributed by atoms with Crippen LogP contribution in [0.5, 0.6) is 0 Å². The highest BCUT2D eigenvalue weighted by Gasteiger charge is 2.49. The molecule has 0 aromatic carbocycles. The lowest BCUT2D eigenvalue weighted by molar-refractivity contribution is -0.124. The van der Waals surface area contributed by atoms with Crippen molar-refractivity contribution in [3.8, 4) is 0 Å². The summed E-state index contributed by atoms with van der Waals surface area (Å²) in [5.41, 5.74) is 1.15. The van der Waals surface area contributed by atoms with E-state index < -0.39 is 0 Å². The molecule has 1 heteroatoms. The van der Waals surface area contributed by atoms with Crippen molar-refractivity contribution in [3.05, 3.63) is 11.6 Å². The molecule has 0 bridgehead atoms. The summed E-state index contributed by atoms with van der Waals surface area (Å²) < 4.78 is 0. The highest BCUT2D eigenvalue weighted by atomic mass is 16.1. The van der Waals surface area contributed by atoms with Crippen molar-refractivity contribution >= 4 is 5.78 Å². The molecule has 0 amide bonds. The molecule has 0 heterocycles. The van der Waals surface area contributed by atoms with Crippen molar-refractivity contribution < 1.29 is 4.79 Å². The number of Topliss-reactive ketones (excluding diaryl/α,β-unsaturated/α-hetero) is 1. The summed E-state index contributed by atoms with van der Waals surface area (Å²) in [6.45, 7) is 19.7. The highest BCUT2D eigenvalue weighted by molar-refractivity contribution is 6.01. The predicted octanol–water partition coefficient (Wildman–Crippen LogP) is 4.87. The first-order valence-electron chi connectivity index (χ1n) is 7.03. The van der Waals surface area contributed by atoms with Crippen LogP contribution in [0.4, 0.5) is 0 Å². The Hall–Kier alpha value is -0.590. The van der Waals surface area contributed by atoms with Crippen LogP contribution in [0.1, 0.15) is 62.3 Å². The van der Waals surface area contributed by atoms with Crippen LogP contribution in [0.25, 0.3) is 0 Å². The third kappa shape index (κ3) is 2.87. The summed E-state index contributed by atoms with van der Waals surface area (Å²) in [4.78, 5) is 12.8. The monoisotopic (exact) mass is 250 g/mol. The molecule has 1 aliphatic rings. The zero-order valence-electron chi connectivity index (χ0n) is 13.6. The van der Waals surface area contributed by atoms with Gasteiger partial charge in [-0.1, -0.05) is 68.4 Å². The fraction of sp³-hybridized carbons (Fsp3) is 0.824. The molecule has 0 N–H and O–H groups in total. The number of rotatable bonds is 0. The Kier molecular flexibility index (Phi) is 3.62. The predicted molar refractivity (Wildman–Crippen MR) is 78.4 cm³/mol. The van der Waals surface area contributed by atoms with Gasteiger partial charge in [0.1, 0.15) is 0 Å². The van der Waals surface area contributed by atoms with Gasteiger partial charge in [-0.25, -0.2) is 0 Å². The molecule has 0 aromatic heterocycles. The molecule has 0 spiro atoms. The maximum absolute atomic E-state index is 12.8. The molecule has 0 aromatic rings. The van der Waals surface area contributed by atoms with Crippen LogP contribution in [0.15, 0.2) is 11.6 Å². The van der Waals surface area contributed by atoms with Gasteiger partial charge in [0, 0.05) is 5.92 Å². The second-order valence-electron chi connectivity index (χ2n) is 8.93. The molecule has 0 fully saturated rings.